The van der Waals surface area contributed by atoms with E-state index in [1.165, 1.54) is 0 Å². The molecule has 0 aromatic carbocycles. The number of carboxylic acid groups (broad SMARTS) is 1. The van der Waals surface area contributed by atoms with Gasteiger partial charge in [0, 0.05) is 5.92 Å². The quantitative estimate of drug-likeness (QED) is 0.807. The lowest BCUT2D eigenvalue weighted by atomic mass is 10.2. The lowest BCUT2D eigenvalue weighted by molar-refractivity contribution is -0.149. The molecule has 2 atom stereocenters. The maximum Gasteiger partial charge on any atom is 0.332 e. The van der Waals surface area contributed by atoms with Gasteiger partial charge in [0.1, 0.15) is 6.10 Å². The first kappa shape index (κ1) is 11.1. The summed E-state index contributed by atoms with van der Waals surface area (Å²) in [7, 11) is 0. The lowest BCUT2D eigenvalue weighted by Crippen LogP contribution is -2.18. The van der Waals surface area contributed by atoms with Crippen LogP contribution in [0.1, 0.15) is 50.4 Å². The van der Waals surface area contributed by atoms with Gasteiger partial charge in [0.25, 0.3) is 0 Å². The van der Waals surface area contributed by atoms with Gasteiger partial charge in [-0.25, -0.2) is 9.78 Å². The number of nitrogens with one attached hydrogen (secondary N) is 1. The molecule has 0 saturated carbocycles. The number of hydrogen-bond donors (Lipinski definition) is 2. The smallest absolute Gasteiger partial charge is 0.332 e. The first-order chi connectivity index (χ1) is 7.58. The number of hydrogen-bond acceptors (Lipinski definition) is 4. The van der Waals surface area contributed by atoms with Crippen molar-refractivity contribution in [2.45, 2.75) is 44.8 Å². The summed E-state index contributed by atoms with van der Waals surface area (Å²) in [5.74, 6) is 0.706. The van der Waals surface area contributed by atoms with Gasteiger partial charge < -0.3 is 9.84 Å². The van der Waals surface area contributed by atoms with Gasteiger partial charge in [-0.15, -0.1) is 0 Å². The molecule has 2 rings (SSSR count). The highest BCUT2D eigenvalue weighted by molar-refractivity contribution is 5.72. The number of carbonyl (C=O) groups is 1. The van der Waals surface area contributed by atoms with Crippen LogP contribution >= 0.6 is 0 Å². The van der Waals surface area contributed by atoms with Crippen molar-refractivity contribution in [3.05, 3.63) is 11.6 Å². The van der Waals surface area contributed by atoms with Gasteiger partial charge in [-0.3, -0.25) is 5.10 Å². The van der Waals surface area contributed by atoms with Crippen molar-refractivity contribution in [2.75, 3.05) is 0 Å². The van der Waals surface area contributed by atoms with Crippen LogP contribution in [0.3, 0.4) is 0 Å². The Bertz CT molecular complexity index is 388. The Kier molecular flexibility index (Phi) is 2.91. The zero-order valence-corrected chi connectivity index (χ0v) is 9.30. The number of carboxylic acids is 1. The summed E-state index contributed by atoms with van der Waals surface area (Å²) in [5, 5.41) is 15.7. The Labute approximate surface area is 93.0 Å². The summed E-state index contributed by atoms with van der Waals surface area (Å²) < 4.78 is 5.37. The maximum atomic E-state index is 10.7. The lowest BCUT2D eigenvalue weighted by Gasteiger charge is -2.07. The van der Waals surface area contributed by atoms with E-state index in [2.05, 4.69) is 15.2 Å². The molecule has 1 aliphatic heterocycles. The Hall–Kier alpha value is -1.43. The minimum Gasteiger partial charge on any atom is -0.479 e. The van der Waals surface area contributed by atoms with Crippen molar-refractivity contribution in [2.24, 2.45) is 0 Å². The fourth-order valence-electron chi connectivity index (χ4n) is 1.71. The molecule has 6 heteroatoms. The SMILES string of the molecule is CC(C)c1n[nH]c(C2CCC(C(=O)O)O2)n1. The molecule has 1 aromatic rings. The van der Waals surface area contributed by atoms with Crippen molar-refractivity contribution in [3.63, 3.8) is 0 Å². The van der Waals surface area contributed by atoms with E-state index in [0.717, 1.165) is 5.82 Å². The van der Waals surface area contributed by atoms with Gasteiger partial charge in [0.05, 0.1) is 0 Å². The molecule has 0 amide bonds. The van der Waals surface area contributed by atoms with Crippen LogP contribution in [0, 0.1) is 0 Å². The Morgan fingerprint density at radius 2 is 2.31 bits per heavy atom. The summed E-state index contributed by atoms with van der Waals surface area (Å²) in [6, 6.07) is 0. The predicted octanol–water partition coefficient (Wildman–Crippen LogP) is 1.23. The average molecular weight is 225 g/mol. The van der Waals surface area contributed by atoms with Gasteiger partial charge in [0.2, 0.25) is 0 Å². The van der Waals surface area contributed by atoms with Crippen LogP contribution in [0.25, 0.3) is 0 Å². The van der Waals surface area contributed by atoms with Crippen LogP contribution in [0.15, 0.2) is 0 Å². The molecule has 1 aromatic heterocycles. The summed E-state index contributed by atoms with van der Waals surface area (Å²) >= 11 is 0. The van der Waals surface area contributed by atoms with Gasteiger partial charge in [-0.1, -0.05) is 13.8 Å². The van der Waals surface area contributed by atoms with E-state index < -0.39 is 12.1 Å². The first-order valence-corrected chi connectivity index (χ1v) is 5.38. The second-order valence-corrected chi connectivity index (χ2v) is 4.26. The highest BCUT2D eigenvalue weighted by atomic mass is 16.5. The first-order valence-electron chi connectivity index (χ1n) is 5.38. The van der Waals surface area contributed by atoms with Gasteiger partial charge in [-0.2, -0.15) is 5.10 Å². The molecular formula is C10H15N3O3. The number of aromatic nitrogens is 3. The van der Waals surface area contributed by atoms with Gasteiger partial charge in [0.15, 0.2) is 17.8 Å². The molecule has 0 radical (unpaired) electrons. The van der Waals surface area contributed by atoms with E-state index >= 15 is 0 Å². The van der Waals surface area contributed by atoms with Crippen molar-refractivity contribution in [3.8, 4) is 0 Å². The highest BCUT2D eigenvalue weighted by Crippen LogP contribution is 2.31. The fourth-order valence-corrected chi connectivity index (χ4v) is 1.71. The topological polar surface area (TPSA) is 88.1 Å². The van der Waals surface area contributed by atoms with Gasteiger partial charge in [-0.05, 0) is 12.8 Å². The van der Waals surface area contributed by atoms with E-state index in [4.69, 9.17) is 9.84 Å². The average Bonchev–Trinajstić information content (AvgIpc) is 2.86. The van der Waals surface area contributed by atoms with Crippen LogP contribution in [0.4, 0.5) is 0 Å². The van der Waals surface area contributed by atoms with Crippen LogP contribution in [-0.4, -0.2) is 32.4 Å². The molecule has 0 aliphatic carbocycles. The zero-order valence-electron chi connectivity index (χ0n) is 9.30. The predicted molar refractivity (Wildman–Crippen MR) is 55.0 cm³/mol. The molecule has 0 spiro atoms. The second kappa shape index (κ2) is 4.21. The van der Waals surface area contributed by atoms with E-state index in [-0.39, 0.29) is 12.0 Å². The van der Waals surface area contributed by atoms with Crippen molar-refractivity contribution in [1.29, 1.82) is 0 Å². The zero-order chi connectivity index (χ0) is 11.7. The van der Waals surface area contributed by atoms with E-state index in [0.29, 0.717) is 18.7 Å². The summed E-state index contributed by atoms with van der Waals surface area (Å²) in [5.41, 5.74) is 0. The maximum absolute atomic E-state index is 10.7. The second-order valence-electron chi connectivity index (χ2n) is 4.26. The number of rotatable bonds is 3. The van der Waals surface area contributed by atoms with E-state index in [1.54, 1.807) is 0 Å². The molecule has 1 saturated heterocycles. The standard InChI is InChI=1S/C10H15N3O3/c1-5(2)8-11-9(13-12-8)6-3-4-7(16-6)10(14)15/h5-7H,3-4H2,1-2H3,(H,14,15)(H,11,12,13). The normalized spacial score (nSPS) is 25.2. The summed E-state index contributed by atoms with van der Waals surface area (Å²) in [6.07, 6.45) is 0.222. The van der Waals surface area contributed by atoms with E-state index in [9.17, 15) is 4.79 Å². The van der Waals surface area contributed by atoms with Crippen molar-refractivity contribution < 1.29 is 14.6 Å². The Morgan fingerprint density at radius 3 is 2.81 bits per heavy atom. The monoisotopic (exact) mass is 225 g/mol. The molecular weight excluding hydrogens is 210 g/mol. The third-order valence-corrected chi connectivity index (χ3v) is 2.64. The molecule has 1 fully saturated rings. The van der Waals surface area contributed by atoms with Crippen molar-refractivity contribution in [1.82, 2.24) is 15.2 Å². The molecule has 2 N–H and O–H groups in total. The molecule has 0 bridgehead atoms. The summed E-state index contributed by atoms with van der Waals surface area (Å²) in [6.45, 7) is 4.00. The van der Waals surface area contributed by atoms with Gasteiger partial charge >= 0.3 is 5.97 Å². The Balaban J connectivity index is 2.06. The van der Waals surface area contributed by atoms with Crippen LogP contribution in [0.2, 0.25) is 0 Å². The van der Waals surface area contributed by atoms with Crippen LogP contribution < -0.4 is 0 Å². The molecule has 6 nitrogen and oxygen atoms in total. The minimum absolute atomic E-state index is 0.252. The van der Waals surface area contributed by atoms with Crippen LogP contribution in [0.5, 0.6) is 0 Å². The number of aromatic amines is 1. The molecule has 2 unspecified atom stereocenters. The largest absolute Gasteiger partial charge is 0.479 e. The highest BCUT2D eigenvalue weighted by Gasteiger charge is 2.33. The van der Waals surface area contributed by atoms with E-state index in [1.807, 2.05) is 13.8 Å². The molecule has 1 aliphatic rings. The molecule has 88 valence electrons. The minimum atomic E-state index is -0.911. The fraction of sp³-hybridized carbons (Fsp3) is 0.700. The third-order valence-electron chi connectivity index (χ3n) is 2.64. The number of H-pyrrole nitrogens is 1. The summed E-state index contributed by atoms with van der Waals surface area (Å²) in [4.78, 5) is 15.0. The third kappa shape index (κ3) is 2.06. The van der Waals surface area contributed by atoms with Crippen molar-refractivity contribution >= 4 is 5.97 Å². The molecule has 2 heterocycles. The van der Waals surface area contributed by atoms with Crippen LogP contribution in [-0.2, 0) is 9.53 Å². The number of aliphatic carboxylic acids is 1. The molecule has 16 heavy (non-hydrogen) atoms. The Morgan fingerprint density at radius 1 is 1.56 bits per heavy atom. The number of ether oxygens (including phenoxy) is 1. The number of nitrogens with zero attached hydrogens (tertiary/aromatic N) is 2.